The first-order valence-electron chi connectivity index (χ1n) is 18.8. The van der Waals surface area contributed by atoms with E-state index in [1.165, 1.54) is 47.9 Å². The Labute approximate surface area is 282 Å². The second-order valence-electron chi connectivity index (χ2n) is 14.0. The third-order valence-corrected chi connectivity index (χ3v) is 11.2. The van der Waals surface area contributed by atoms with Crippen LogP contribution in [0.2, 0.25) is 0 Å². The number of fused-ring (bicyclic) bond motifs is 3. The molecule has 0 unspecified atom stereocenters. The molecule has 0 radical (unpaired) electrons. The molecule has 254 valence electrons. The summed E-state index contributed by atoms with van der Waals surface area (Å²) < 4.78 is 0. The van der Waals surface area contributed by atoms with Crippen LogP contribution in [0.25, 0.3) is 11.1 Å². The molecule has 0 saturated heterocycles. The molecule has 0 heterocycles. The maximum Gasteiger partial charge on any atom is 0.338 e. The van der Waals surface area contributed by atoms with Crippen molar-refractivity contribution in [2.75, 3.05) is 0 Å². The number of oxime groups is 2. The second-order valence-corrected chi connectivity index (χ2v) is 14.0. The summed E-state index contributed by atoms with van der Waals surface area (Å²) >= 11 is 0. The fraction of sp³-hybridized carbons (Fsp3) is 0.610. The van der Waals surface area contributed by atoms with Crippen molar-refractivity contribution in [1.29, 1.82) is 0 Å². The topological polar surface area (TPSA) is 77.3 Å². The normalized spacial score (nSPS) is 18.5. The second kappa shape index (κ2) is 16.7. The molecular formula is C41H56N2O4. The largest absolute Gasteiger partial charge is 0.338 e. The van der Waals surface area contributed by atoms with E-state index in [2.05, 4.69) is 74.4 Å². The number of unbranched alkanes of at least 4 members (excludes halogenated alkanes) is 3. The summed E-state index contributed by atoms with van der Waals surface area (Å²) in [5, 5.41) is 8.99. The van der Waals surface area contributed by atoms with E-state index in [0.717, 1.165) is 106 Å². The van der Waals surface area contributed by atoms with E-state index in [1.807, 2.05) is 0 Å². The van der Waals surface area contributed by atoms with Crippen LogP contribution in [-0.2, 0) is 24.7 Å². The van der Waals surface area contributed by atoms with Crippen LogP contribution in [0.15, 0.2) is 46.7 Å². The summed E-state index contributed by atoms with van der Waals surface area (Å²) in [6.07, 6.45) is 18.2. The zero-order valence-electron chi connectivity index (χ0n) is 29.4. The van der Waals surface area contributed by atoms with Crippen LogP contribution in [-0.4, -0.2) is 23.4 Å². The lowest BCUT2D eigenvalue weighted by Crippen LogP contribution is -2.24. The summed E-state index contributed by atoms with van der Waals surface area (Å²) in [6.45, 7) is 8.83. The summed E-state index contributed by atoms with van der Waals surface area (Å²) in [7, 11) is 0. The van der Waals surface area contributed by atoms with Crippen LogP contribution in [0.3, 0.4) is 0 Å². The Balaban J connectivity index is 1.44. The molecule has 0 amide bonds. The number of hydrogen-bond acceptors (Lipinski definition) is 6. The molecule has 0 N–H and O–H groups in total. The van der Waals surface area contributed by atoms with E-state index in [0.29, 0.717) is 6.42 Å². The Morgan fingerprint density at radius 1 is 0.660 bits per heavy atom. The third kappa shape index (κ3) is 7.90. The van der Waals surface area contributed by atoms with Gasteiger partial charge in [-0.15, -0.1) is 0 Å². The monoisotopic (exact) mass is 640 g/mol. The lowest BCUT2D eigenvalue weighted by atomic mass is 9.73. The van der Waals surface area contributed by atoms with Gasteiger partial charge in [-0.05, 0) is 103 Å². The van der Waals surface area contributed by atoms with E-state index in [-0.39, 0.29) is 29.2 Å². The minimum Gasteiger partial charge on any atom is -0.318 e. The first-order valence-corrected chi connectivity index (χ1v) is 18.8. The van der Waals surface area contributed by atoms with E-state index in [1.54, 1.807) is 0 Å². The Morgan fingerprint density at radius 2 is 1.15 bits per heavy atom. The molecule has 2 aromatic carbocycles. The first kappa shape index (κ1) is 35.0. The van der Waals surface area contributed by atoms with Gasteiger partial charge in [0.15, 0.2) is 0 Å². The predicted octanol–water partition coefficient (Wildman–Crippen LogP) is 10.8. The van der Waals surface area contributed by atoms with Crippen molar-refractivity contribution in [3.05, 3.63) is 58.7 Å². The third-order valence-electron chi connectivity index (χ3n) is 11.2. The highest BCUT2D eigenvalue weighted by Crippen LogP contribution is 2.53. The molecule has 5 rings (SSSR count). The molecule has 0 atom stereocenters. The molecule has 2 fully saturated rings. The predicted molar refractivity (Wildman–Crippen MR) is 191 cm³/mol. The average molecular weight is 641 g/mol. The Kier molecular flexibility index (Phi) is 12.5. The van der Waals surface area contributed by atoms with Gasteiger partial charge < -0.3 is 9.68 Å². The van der Waals surface area contributed by atoms with E-state index < -0.39 is 0 Å². The van der Waals surface area contributed by atoms with E-state index in [4.69, 9.17) is 9.68 Å². The highest BCUT2D eigenvalue weighted by atomic mass is 16.7. The Hall–Kier alpha value is -3.28. The summed E-state index contributed by atoms with van der Waals surface area (Å²) in [6, 6.07) is 13.3. The van der Waals surface area contributed by atoms with Crippen LogP contribution in [0.1, 0.15) is 166 Å². The lowest BCUT2D eigenvalue weighted by Gasteiger charge is -2.30. The van der Waals surface area contributed by atoms with Crippen LogP contribution in [0.5, 0.6) is 0 Å². The molecule has 3 aliphatic carbocycles. The molecular weight excluding hydrogens is 584 g/mol. The Bertz CT molecular complexity index is 1440. The van der Waals surface area contributed by atoms with Crippen LogP contribution < -0.4 is 0 Å². The number of carbonyl (C=O) groups is 2. The molecule has 0 aromatic heterocycles. The van der Waals surface area contributed by atoms with Gasteiger partial charge in [-0.1, -0.05) is 120 Å². The van der Waals surface area contributed by atoms with Gasteiger partial charge in [-0.25, -0.2) is 9.59 Å². The smallest absolute Gasteiger partial charge is 0.318 e. The maximum absolute atomic E-state index is 13.0. The van der Waals surface area contributed by atoms with Crippen molar-refractivity contribution < 1.29 is 19.3 Å². The number of rotatable bonds is 14. The summed E-state index contributed by atoms with van der Waals surface area (Å²) in [5.74, 6) is -0.424. The first-order chi connectivity index (χ1) is 22.9. The van der Waals surface area contributed by atoms with Gasteiger partial charge in [-0.2, -0.15) is 0 Å². The molecule has 0 bridgehead atoms. The van der Waals surface area contributed by atoms with Gasteiger partial charge in [0.05, 0.1) is 23.3 Å². The van der Waals surface area contributed by atoms with Crippen molar-refractivity contribution in [3.8, 4) is 11.1 Å². The molecule has 47 heavy (non-hydrogen) atoms. The molecule has 2 saturated carbocycles. The van der Waals surface area contributed by atoms with Gasteiger partial charge in [-0.3, -0.25) is 0 Å². The minimum absolute atomic E-state index is 0.0296. The number of carbonyl (C=O) groups excluding carboxylic acids is 2. The van der Waals surface area contributed by atoms with Crippen molar-refractivity contribution in [1.82, 2.24) is 0 Å². The molecule has 0 aliphatic heterocycles. The highest BCUT2D eigenvalue weighted by Gasteiger charge is 2.41. The lowest BCUT2D eigenvalue weighted by molar-refractivity contribution is -0.150. The van der Waals surface area contributed by atoms with Crippen LogP contribution >= 0.6 is 0 Å². The Morgan fingerprint density at radius 3 is 1.62 bits per heavy atom. The summed E-state index contributed by atoms with van der Waals surface area (Å²) in [5.41, 5.74) is 8.67. The molecule has 2 aromatic rings. The summed E-state index contributed by atoms with van der Waals surface area (Å²) in [4.78, 5) is 36.9. The SMILES string of the molecule is CCCCCC/C(=N\OC(=O)C1CCCCC1)c1ccc2c(c1)C(CC)(CC)c1cc(/C(CC)=N/OC(=O)C3CCCCC3)ccc1-2. The van der Waals surface area contributed by atoms with Gasteiger partial charge in [0, 0.05) is 5.41 Å². The minimum atomic E-state index is -0.190. The number of hydrogen-bond donors (Lipinski definition) is 0. The molecule has 0 spiro atoms. The van der Waals surface area contributed by atoms with Crippen molar-refractivity contribution in [2.45, 2.75) is 149 Å². The zero-order valence-corrected chi connectivity index (χ0v) is 29.4. The fourth-order valence-corrected chi connectivity index (χ4v) is 8.18. The van der Waals surface area contributed by atoms with Crippen molar-refractivity contribution in [3.63, 3.8) is 0 Å². The fourth-order valence-electron chi connectivity index (χ4n) is 8.18. The number of benzene rings is 2. The van der Waals surface area contributed by atoms with Crippen molar-refractivity contribution >= 4 is 23.4 Å². The van der Waals surface area contributed by atoms with Gasteiger partial charge in [0.25, 0.3) is 0 Å². The zero-order chi connectivity index (χ0) is 33.2. The highest BCUT2D eigenvalue weighted by molar-refractivity contribution is 6.03. The van der Waals surface area contributed by atoms with Crippen LogP contribution in [0.4, 0.5) is 0 Å². The maximum atomic E-state index is 13.0. The standard InChI is InChI=1S/C41H56N2O4/c1-5-9-10-17-22-38(43-47-40(45)30-20-15-12-16-21-30)32-24-26-34-33-25-23-31(27-35(33)41(7-3,8-4)36(34)28-32)37(6-2)42-46-39(44)29-18-13-11-14-19-29/h23-30H,5-22H2,1-4H3/b42-37+,43-38+. The van der Waals surface area contributed by atoms with E-state index in [9.17, 15) is 9.59 Å². The van der Waals surface area contributed by atoms with Crippen molar-refractivity contribution in [2.24, 2.45) is 22.1 Å². The van der Waals surface area contributed by atoms with Gasteiger partial charge >= 0.3 is 11.9 Å². The molecule has 3 aliphatic rings. The van der Waals surface area contributed by atoms with E-state index >= 15 is 0 Å². The molecule has 6 heteroatoms. The van der Waals surface area contributed by atoms with Gasteiger partial charge in [0.1, 0.15) is 0 Å². The van der Waals surface area contributed by atoms with Gasteiger partial charge in [0.2, 0.25) is 0 Å². The number of nitrogens with zero attached hydrogens (tertiary/aromatic N) is 2. The quantitative estimate of drug-likeness (QED) is 0.0891. The molecule has 6 nitrogen and oxygen atoms in total. The average Bonchev–Trinajstić information content (AvgIpc) is 3.40. The van der Waals surface area contributed by atoms with Crippen LogP contribution in [0, 0.1) is 11.8 Å².